The molecule has 4 rings (SSSR count). The van der Waals surface area contributed by atoms with E-state index in [1.54, 1.807) is 27.5 Å². The maximum Gasteiger partial charge on any atom is 0.214 e. The predicted molar refractivity (Wildman–Crippen MR) is 145 cm³/mol. The number of rotatable bonds is 7. The number of halogens is 1. The minimum atomic E-state index is 0. The van der Waals surface area contributed by atoms with Gasteiger partial charge in [-0.15, -0.1) is 24.0 Å². The standard InChI is InChI=1S/C25H31N5O3.HI/c1-26-25(28-17-24-27-16-23(33-24)18-7-5-4-6-8-18)29-19-9-11-30(12-10-19)20-13-21(31-2)15-22(14-20)32-3;/h4-8,13-16,19H,9-12,17H2,1-3H3,(H2,26,28,29);1H. The molecule has 0 saturated carbocycles. The fraction of sp³-hybridized carbons (Fsp3) is 0.360. The van der Waals surface area contributed by atoms with Gasteiger partial charge in [0.15, 0.2) is 11.7 Å². The summed E-state index contributed by atoms with van der Waals surface area (Å²) in [7, 11) is 5.13. The van der Waals surface area contributed by atoms with Crippen LogP contribution < -0.4 is 25.0 Å². The van der Waals surface area contributed by atoms with E-state index in [2.05, 4.69) is 37.6 Å². The summed E-state index contributed by atoms with van der Waals surface area (Å²) in [6.07, 6.45) is 3.75. The zero-order valence-corrected chi connectivity index (χ0v) is 22.1. The summed E-state index contributed by atoms with van der Waals surface area (Å²) in [5.41, 5.74) is 2.13. The Morgan fingerprint density at radius 3 is 2.38 bits per heavy atom. The van der Waals surface area contributed by atoms with Gasteiger partial charge >= 0.3 is 0 Å². The Labute approximate surface area is 217 Å². The molecule has 2 N–H and O–H groups in total. The van der Waals surface area contributed by atoms with E-state index in [0.717, 1.165) is 60.4 Å². The number of piperidine rings is 1. The van der Waals surface area contributed by atoms with Crippen molar-refractivity contribution in [1.29, 1.82) is 0 Å². The number of aliphatic imine (C=N–C) groups is 1. The van der Waals surface area contributed by atoms with E-state index in [0.29, 0.717) is 18.5 Å². The number of benzene rings is 2. The Hall–Kier alpha value is -2.95. The van der Waals surface area contributed by atoms with Crippen LogP contribution in [0.4, 0.5) is 5.69 Å². The smallest absolute Gasteiger partial charge is 0.214 e. The zero-order chi connectivity index (χ0) is 23.0. The number of nitrogens with one attached hydrogen (secondary N) is 2. The topological polar surface area (TPSA) is 84.2 Å². The van der Waals surface area contributed by atoms with Crippen molar-refractivity contribution in [2.45, 2.75) is 25.4 Å². The van der Waals surface area contributed by atoms with Crippen LogP contribution in [0.2, 0.25) is 0 Å². The molecule has 0 radical (unpaired) electrons. The normalized spacial score (nSPS) is 14.3. The van der Waals surface area contributed by atoms with Gasteiger partial charge in [0.05, 0.1) is 27.0 Å². The summed E-state index contributed by atoms with van der Waals surface area (Å²) in [5.74, 6) is 3.73. The molecule has 0 amide bonds. The molecule has 9 heteroatoms. The van der Waals surface area contributed by atoms with Crippen molar-refractivity contribution < 1.29 is 13.9 Å². The molecule has 1 aromatic heterocycles. The molecular weight excluding hydrogens is 545 g/mol. The Bertz CT molecular complexity index is 1040. The van der Waals surface area contributed by atoms with Gasteiger partial charge in [-0.25, -0.2) is 4.98 Å². The predicted octanol–water partition coefficient (Wildman–Crippen LogP) is 4.31. The van der Waals surface area contributed by atoms with Crippen LogP contribution in [-0.4, -0.2) is 51.3 Å². The highest BCUT2D eigenvalue weighted by molar-refractivity contribution is 14.0. The number of aromatic nitrogens is 1. The maximum absolute atomic E-state index is 5.87. The largest absolute Gasteiger partial charge is 0.497 e. The first kappa shape index (κ1) is 25.7. The number of ether oxygens (including phenoxy) is 2. The van der Waals surface area contributed by atoms with Crippen LogP contribution >= 0.6 is 24.0 Å². The number of guanidine groups is 1. The number of anilines is 1. The van der Waals surface area contributed by atoms with E-state index in [9.17, 15) is 0 Å². The molecule has 8 nitrogen and oxygen atoms in total. The molecule has 0 aliphatic carbocycles. The van der Waals surface area contributed by atoms with E-state index in [1.165, 1.54) is 0 Å². The van der Waals surface area contributed by atoms with Crippen LogP contribution in [0, 0.1) is 0 Å². The van der Waals surface area contributed by atoms with Crippen molar-refractivity contribution in [2.24, 2.45) is 4.99 Å². The van der Waals surface area contributed by atoms with E-state index in [-0.39, 0.29) is 24.0 Å². The van der Waals surface area contributed by atoms with Gasteiger partial charge in [0.2, 0.25) is 5.89 Å². The van der Waals surface area contributed by atoms with Crippen LogP contribution in [0.5, 0.6) is 11.5 Å². The molecule has 0 unspecified atom stereocenters. The average Bonchev–Trinajstić information content (AvgIpc) is 3.36. The molecule has 2 aromatic carbocycles. The second kappa shape index (κ2) is 12.5. The Morgan fingerprint density at radius 2 is 1.76 bits per heavy atom. The van der Waals surface area contributed by atoms with Crippen LogP contribution in [0.15, 0.2) is 64.1 Å². The van der Waals surface area contributed by atoms with Gasteiger partial charge in [0.1, 0.15) is 11.5 Å². The Balaban J connectivity index is 0.00000324. The minimum absolute atomic E-state index is 0. The summed E-state index contributed by atoms with van der Waals surface area (Å²) in [5, 5.41) is 6.83. The molecule has 0 atom stereocenters. The second-order valence-corrected chi connectivity index (χ2v) is 7.89. The monoisotopic (exact) mass is 577 g/mol. The van der Waals surface area contributed by atoms with Crippen molar-refractivity contribution >= 4 is 35.6 Å². The van der Waals surface area contributed by atoms with Crippen LogP contribution in [0.3, 0.4) is 0 Å². The first-order valence-electron chi connectivity index (χ1n) is 11.1. The van der Waals surface area contributed by atoms with Crippen molar-refractivity contribution in [1.82, 2.24) is 15.6 Å². The lowest BCUT2D eigenvalue weighted by atomic mass is 10.0. The quantitative estimate of drug-likeness (QED) is 0.246. The lowest BCUT2D eigenvalue weighted by Gasteiger charge is -2.34. The molecule has 1 saturated heterocycles. The molecule has 0 bridgehead atoms. The molecule has 1 aliphatic heterocycles. The van der Waals surface area contributed by atoms with Crippen LogP contribution in [0.25, 0.3) is 11.3 Å². The second-order valence-electron chi connectivity index (χ2n) is 7.89. The molecular formula is C25H32IN5O3. The molecule has 34 heavy (non-hydrogen) atoms. The first-order chi connectivity index (χ1) is 16.2. The van der Waals surface area contributed by atoms with Gasteiger partial charge in [-0.05, 0) is 12.8 Å². The van der Waals surface area contributed by atoms with E-state index < -0.39 is 0 Å². The summed E-state index contributed by atoms with van der Waals surface area (Å²) in [4.78, 5) is 11.1. The van der Waals surface area contributed by atoms with Crippen LogP contribution in [-0.2, 0) is 6.54 Å². The highest BCUT2D eigenvalue weighted by atomic mass is 127. The summed E-state index contributed by atoms with van der Waals surface area (Å²) in [6.45, 7) is 2.34. The average molecular weight is 577 g/mol. The number of methoxy groups -OCH3 is 2. The highest BCUT2D eigenvalue weighted by Crippen LogP contribution is 2.30. The number of hydrogen-bond donors (Lipinski definition) is 2. The van der Waals surface area contributed by atoms with Crippen molar-refractivity contribution in [2.75, 3.05) is 39.3 Å². The summed E-state index contributed by atoms with van der Waals surface area (Å²) in [6, 6.07) is 16.3. The molecule has 3 aromatic rings. The lowest BCUT2D eigenvalue weighted by Crippen LogP contribution is -2.48. The van der Waals surface area contributed by atoms with Gasteiger partial charge in [0, 0.05) is 55.6 Å². The van der Waals surface area contributed by atoms with E-state index >= 15 is 0 Å². The van der Waals surface area contributed by atoms with Gasteiger partial charge in [-0.2, -0.15) is 0 Å². The number of oxazole rings is 1. The number of nitrogens with zero attached hydrogens (tertiary/aromatic N) is 3. The van der Waals surface area contributed by atoms with Gasteiger partial charge < -0.3 is 29.4 Å². The molecule has 2 heterocycles. The van der Waals surface area contributed by atoms with Crippen molar-refractivity contribution in [3.63, 3.8) is 0 Å². The Kier molecular flexibility index (Phi) is 9.43. The number of hydrogen-bond acceptors (Lipinski definition) is 6. The van der Waals surface area contributed by atoms with Gasteiger partial charge in [-0.1, -0.05) is 30.3 Å². The Morgan fingerprint density at radius 1 is 1.09 bits per heavy atom. The van der Waals surface area contributed by atoms with Crippen LogP contribution in [0.1, 0.15) is 18.7 Å². The van der Waals surface area contributed by atoms with Crippen molar-refractivity contribution in [3.05, 3.63) is 60.6 Å². The third-order valence-corrected chi connectivity index (χ3v) is 5.78. The summed E-state index contributed by atoms with van der Waals surface area (Å²) < 4.78 is 16.7. The fourth-order valence-corrected chi connectivity index (χ4v) is 3.93. The summed E-state index contributed by atoms with van der Waals surface area (Å²) >= 11 is 0. The molecule has 182 valence electrons. The SMILES string of the molecule is CN=C(NCc1ncc(-c2ccccc2)o1)NC1CCN(c2cc(OC)cc(OC)c2)CC1.I. The lowest BCUT2D eigenvalue weighted by molar-refractivity contribution is 0.393. The molecule has 1 fully saturated rings. The molecule has 0 spiro atoms. The highest BCUT2D eigenvalue weighted by Gasteiger charge is 2.21. The third kappa shape index (κ3) is 6.55. The van der Waals surface area contributed by atoms with Crippen molar-refractivity contribution in [3.8, 4) is 22.8 Å². The third-order valence-electron chi connectivity index (χ3n) is 5.78. The minimum Gasteiger partial charge on any atom is -0.497 e. The van der Waals surface area contributed by atoms with E-state index in [4.69, 9.17) is 13.9 Å². The van der Waals surface area contributed by atoms with E-state index in [1.807, 2.05) is 36.4 Å². The van der Waals surface area contributed by atoms with Gasteiger partial charge in [0.25, 0.3) is 0 Å². The molecule has 1 aliphatic rings. The first-order valence-corrected chi connectivity index (χ1v) is 11.1. The maximum atomic E-state index is 5.87. The zero-order valence-electron chi connectivity index (χ0n) is 19.8. The fourth-order valence-electron chi connectivity index (χ4n) is 3.93. The van der Waals surface area contributed by atoms with Gasteiger partial charge in [-0.3, -0.25) is 4.99 Å².